The molecule has 1 unspecified atom stereocenters. The second-order valence-corrected chi connectivity index (χ2v) is 4.59. The van der Waals surface area contributed by atoms with Gasteiger partial charge in [0, 0.05) is 18.2 Å². The number of hydrogen-bond donors (Lipinski definition) is 1. The Labute approximate surface area is 114 Å². The first-order valence-corrected chi connectivity index (χ1v) is 6.12. The van der Waals surface area contributed by atoms with Crippen molar-refractivity contribution in [2.24, 2.45) is 0 Å². The number of halogens is 4. The zero-order chi connectivity index (χ0) is 14.7. The van der Waals surface area contributed by atoms with Crippen LogP contribution in [0.15, 0.2) is 36.4 Å². The molecular formula is C15H13F4N. The van der Waals surface area contributed by atoms with E-state index in [2.05, 4.69) is 5.32 Å². The minimum absolute atomic E-state index is 0.146. The van der Waals surface area contributed by atoms with Crippen molar-refractivity contribution < 1.29 is 17.6 Å². The van der Waals surface area contributed by atoms with Crippen molar-refractivity contribution in [3.05, 3.63) is 65.2 Å². The lowest BCUT2D eigenvalue weighted by Gasteiger charge is -2.16. The van der Waals surface area contributed by atoms with Crippen LogP contribution in [0.25, 0.3) is 0 Å². The van der Waals surface area contributed by atoms with Gasteiger partial charge in [0.25, 0.3) is 0 Å². The zero-order valence-corrected chi connectivity index (χ0v) is 10.8. The van der Waals surface area contributed by atoms with Crippen LogP contribution in [-0.4, -0.2) is 6.04 Å². The molecule has 0 radical (unpaired) electrons. The fraction of sp³-hybridized carbons (Fsp3) is 0.200. The quantitative estimate of drug-likeness (QED) is 0.652. The SMILES string of the molecule is CC(Cc1ccccc1F)Nc1cc(F)c(F)cc1F. The highest BCUT2D eigenvalue weighted by atomic mass is 19.2. The molecule has 2 aromatic rings. The maximum Gasteiger partial charge on any atom is 0.161 e. The molecule has 2 aromatic carbocycles. The Kier molecular flexibility index (Phi) is 4.27. The summed E-state index contributed by atoms with van der Waals surface area (Å²) in [5, 5.41) is 2.71. The lowest BCUT2D eigenvalue weighted by atomic mass is 10.1. The Balaban J connectivity index is 2.11. The summed E-state index contributed by atoms with van der Waals surface area (Å²) in [6.45, 7) is 1.70. The second-order valence-electron chi connectivity index (χ2n) is 4.59. The Morgan fingerprint density at radius 3 is 2.25 bits per heavy atom. The van der Waals surface area contributed by atoms with E-state index in [-0.39, 0.29) is 17.5 Å². The summed E-state index contributed by atoms with van der Waals surface area (Å²) in [5.41, 5.74) is 0.322. The Morgan fingerprint density at radius 1 is 0.900 bits per heavy atom. The van der Waals surface area contributed by atoms with Gasteiger partial charge in [-0.1, -0.05) is 18.2 Å². The van der Waals surface area contributed by atoms with Gasteiger partial charge in [-0.15, -0.1) is 0 Å². The van der Waals surface area contributed by atoms with Crippen molar-refractivity contribution in [3.8, 4) is 0 Å². The number of hydrogen-bond acceptors (Lipinski definition) is 1. The molecule has 0 aliphatic rings. The minimum Gasteiger partial charge on any atom is -0.380 e. The summed E-state index contributed by atoms with van der Waals surface area (Å²) in [6.07, 6.45) is 0.297. The molecule has 0 saturated carbocycles. The smallest absolute Gasteiger partial charge is 0.161 e. The van der Waals surface area contributed by atoms with Crippen molar-refractivity contribution in [1.82, 2.24) is 0 Å². The van der Waals surface area contributed by atoms with Gasteiger partial charge >= 0.3 is 0 Å². The molecule has 0 aliphatic carbocycles. The van der Waals surface area contributed by atoms with Crippen LogP contribution in [0.4, 0.5) is 23.2 Å². The van der Waals surface area contributed by atoms with Crippen molar-refractivity contribution in [1.29, 1.82) is 0 Å². The van der Waals surface area contributed by atoms with E-state index in [1.165, 1.54) is 6.07 Å². The summed E-state index contributed by atoms with van der Waals surface area (Å²) >= 11 is 0. The van der Waals surface area contributed by atoms with Crippen molar-refractivity contribution in [3.63, 3.8) is 0 Å². The molecule has 1 N–H and O–H groups in total. The lowest BCUT2D eigenvalue weighted by molar-refractivity contribution is 0.495. The van der Waals surface area contributed by atoms with Crippen LogP contribution < -0.4 is 5.32 Å². The van der Waals surface area contributed by atoms with Gasteiger partial charge in [0.1, 0.15) is 11.6 Å². The number of nitrogens with one attached hydrogen (secondary N) is 1. The van der Waals surface area contributed by atoms with E-state index >= 15 is 0 Å². The van der Waals surface area contributed by atoms with E-state index in [1.807, 2.05) is 0 Å². The summed E-state index contributed by atoms with van der Waals surface area (Å²) < 4.78 is 52.8. The maximum absolute atomic E-state index is 13.5. The molecule has 0 spiro atoms. The Morgan fingerprint density at radius 2 is 1.55 bits per heavy atom. The Hall–Kier alpha value is -2.04. The van der Waals surface area contributed by atoms with Gasteiger partial charge in [-0.3, -0.25) is 0 Å². The van der Waals surface area contributed by atoms with Crippen LogP contribution in [0, 0.1) is 23.3 Å². The zero-order valence-electron chi connectivity index (χ0n) is 10.8. The third-order valence-electron chi connectivity index (χ3n) is 2.90. The van der Waals surface area contributed by atoms with Gasteiger partial charge in [-0.05, 0) is 25.0 Å². The molecule has 0 aliphatic heterocycles. The summed E-state index contributed by atoms with van der Waals surface area (Å²) in [7, 11) is 0. The van der Waals surface area contributed by atoms with Crippen LogP contribution in [0.5, 0.6) is 0 Å². The summed E-state index contributed by atoms with van der Waals surface area (Å²) in [5.74, 6) is -3.61. The van der Waals surface area contributed by atoms with Crippen LogP contribution >= 0.6 is 0 Å². The number of rotatable bonds is 4. The predicted octanol–water partition coefficient (Wildman–Crippen LogP) is 4.29. The molecule has 0 fully saturated rings. The van der Waals surface area contributed by atoms with E-state index in [0.717, 1.165) is 6.07 Å². The lowest BCUT2D eigenvalue weighted by Crippen LogP contribution is -2.19. The highest BCUT2D eigenvalue weighted by molar-refractivity contribution is 5.46. The van der Waals surface area contributed by atoms with Crippen molar-refractivity contribution in [2.75, 3.05) is 5.32 Å². The van der Waals surface area contributed by atoms with Crippen molar-refractivity contribution >= 4 is 5.69 Å². The first-order valence-electron chi connectivity index (χ1n) is 6.12. The third kappa shape index (κ3) is 3.29. The Bertz CT molecular complexity index is 613. The van der Waals surface area contributed by atoms with E-state index in [9.17, 15) is 17.6 Å². The van der Waals surface area contributed by atoms with E-state index < -0.39 is 17.5 Å². The largest absolute Gasteiger partial charge is 0.380 e. The molecular weight excluding hydrogens is 270 g/mol. The third-order valence-corrected chi connectivity index (χ3v) is 2.90. The van der Waals surface area contributed by atoms with Gasteiger partial charge in [0.05, 0.1) is 5.69 Å². The fourth-order valence-corrected chi connectivity index (χ4v) is 1.94. The second kappa shape index (κ2) is 5.94. The highest BCUT2D eigenvalue weighted by Crippen LogP contribution is 2.20. The molecule has 106 valence electrons. The first kappa shape index (κ1) is 14.4. The molecule has 20 heavy (non-hydrogen) atoms. The van der Waals surface area contributed by atoms with Gasteiger partial charge in [-0.25, -0.2) is 17.6 Å². The minimum atomic E-state index is -1.24. The topological polar surface area (TPSA) is 12.0 Å². The molecule has 0 saturated heterocycles. The van der Waals surface area contributed by atoms with E-state index in [1.54, 1.807) is 25.1 Å². The molecule has 2 rings (SSSR count). The number of anilines is 1. The summed E-state index contributed by atoms with van der Waals surface area (Å²) in [4.78, 5) is 0. The van der Waals surface area contributed by atoms with Crippen LogP contribution in [-0.2, 0) is 6.42 Å². The average molecular weight is 283 g/mol. The van der Waals surface area contributed by atoms with Crippen LogP contribution in [0.2, 0.25) is 0 Å². The molecule has 0 amide bonds. The maximum atomic E-state index is 13.5. The van der Waals surface area contributed by atoms with Gasteiger partial charge in [0.15, 0.2) is 11.6 Å². The molecule has 0 heterocycles. The first-order chi connectivity index (χ1) is 9.47. The monoisotopic (exact) mass is 283 g/mol. The number of benzene rings is 2. The van der Waals surface area contributed by atoms with E-state index in [4.69, 9.17) is 0 Å². The molecule has 5 heteroatoms. The van der Waals surface area contributed by atoms with E-state index in [0.29, 0.717) is 18.1 Å². The summed E-state index contributed by atoms with van der Waals surface area (Å²) in [6, 6.07) is 7.12. The molecule has 0 aromatic heterocycles. The standard InChI is InChI=1S/C15H13F4N/c1-9(6-10-4-2-3-5-11(10)16)20-15-8-13(18)12(17)7-14(15)19/h2-5,7-9,20H,6H2,1H3. The van der Waals surface area contributed by atoms with Crippen molar-refractivity contribution in [2.45, 2.75) is 19.4 Å². The average Bonchev–Trinajstić information content (AvgIpc) is 2.39. The molecule has 1 atom stereocenters. The molecule has 0 bridgehead atoms. The highest BCUT2D eigenvalue weighted by Gasteiger charge is 2.13. The van der Waals surface area contributed by atoms with Gasteiger partial charge in [0.2, 0.25) is 0 Å². The van der Waals surface area contributed by atoms with Gasteiger partial charge < -0.3 is 5.32 Å². The van der Waals surface area contributed by atoms with Crippen LogP contribution in [0.1, 0.15) is 12.5 Å². The predicted molar refractivity (Wildman–Crippen MR) is 69.5 cm³/mol. The molecule has 1 nitrogen and oxygen atoms in total. The van der Waals surface area contributed by atoms with Crippen LogP contribution in [0.3, 0.4) is 0 Å². The van der Waals surface area contributed by atoms with Gasteiger partial charge in [-0.2, -0.15) is 0 Å². The normalized spacial score (nSPS) is 12.2. The fourth-order valence-electron chi connectivity index (χ4n) is 1.94.